The third-order valence-electron chi connectivity index (χ3n) is 4.36. The summed E-state index contributed by atoms with van der Waals surface area (Å²) in [6.07, 6.45) is -0.987. The van der Waals surface area contributed by atoms with Gasteiger partial charge in [0.05, 0.1) is 6.04 Å². The molecule has 0 aliphatic heterocycles. The van der Waals surface area contributed by atoms with Crippen LogP contribution < -0.4 is 16.8 Å². The zero-order valence-electron chi connectivity index (χ0n) is 17.9. The Kier molecular flexibility index (Phi) is 8.80. The van der Waals surface area contributed by atoms with E-state index < -0.39 is 54.6 Å². The van der Waals surface area contributed by atoms with E-state index in [4.69, 9.17) is 16.2 Å². The Bertz CT molecular complexity index is 793. The van der Waals surface area contributed by atoms with Crippen LogP contribution in [0.15, 0.2) is 30.3 Å². The van der Waals surface area contributed by atoms with Gasteiger partial charge in [-0.3, -0.25) is 15.3 Å². The fraction of sp³-hybridized carbons (Fsp3) is 0.550. The van der Waals surface area contributed by atoms with E-state index in [0.29, 0.717) is 5.56 Å². The summed E-state index contributed by atoms with van der Waals surface area (Å²) in [5.41, 5.74) is 11.5. The van der Waals surface area contributed by atoms with Crippen molar-refractivity contribution in [3.63, 3.8) is 0 Å². The lowest BCUT2D eigenvalue weighted by Gasteiger charge is -2.27. The SMILES string of the molecule is CC(C)[C@H](N)C(=O)C(N)(C(=O)[C@@H](Cc1ccccc1)NC(=O)OC(C)(C)C)[P+](=O)O. The average Bonchev–Trinajstić information content (AvgIpc) is 2.64. The van der Waals surface area contributed by atoms with Gasteiger partial charge in [0.15, 0.2) is 0 Å². The second-order valence-corrected chi connectivity index (χ2v) is 9.68. The molecule has 0 spiro atoms. The van der Waals surface area contributed by atoms with Crippen molar-refractivity contribution < 1.29 is 28.6 Å². The van der Waals surface area contributed by atoms with E-state index in [1.165, 1.54) is 0 Å². The zero-order valence-corrected chi connectivity index (χ0v) is 18.8. The van der Waals surface area contributed by atoms with Crippen molar-refractivity contribution in [1.29, 1.82) is 0 Å². The van der Waals surface area contributed by atoms with Crippen molar-refractivity contribution in [2.24, 2.45) is 17.4 Å². The van der Waals surface area contributed by atoms with E-state index in [2.05, 4.69) is 5.32 Å². The van der Waals surface area contributed by atoms with Crippen molar-refractivity contribution >= 4 is 25.7 Å². The Morgan fingerprint density at radius 1 is 1.13 bits per heavy atom. The lowest BCUT2D eigenvalue weighted by Crippen LogP contribution is -2.64. The lowest BCUT2D eigenvalue weighted by atomic mass is 9.89. The van der Waals surface area contributed by atoms with Crippen LogP contribution in [0.1, 0.15) is 40.2 Å². The average molecular weight is 440 g/mol. The molecule has 0 aliphatic rings. The van der Waals surface area contributed by atoms with Gasteiger partial charge in [-0.2, -0.15) is 4.89 Å². The Hall–Kier alpha value is -2.19. The molecule has 4 atom stereocenters. The Balaban J connectivity index is 3.33. The molecule has 0 saturated heterocycles. The highest BCUT2D eigenvalue weighted by molar-refractivity contribution is 7.43. The monoisotopic (exact) mass is 440 g/mol. The number of hydrogen-bond acceptors (Lipinski definition) is 7. The molecule has 0 fully saturated rings. The number of ether oxygens (including phenoxy) is 1. The first kappa shape index (κ1) is 25.8. The smallest absolute Gasteiger partial charge is 0.444 e. The molecule has 10 heteroatoms. The van der Waals surface area contributed by atoms with Gasteiger partial charge in [-0.1, -0.05) is 44.2 Å². The fourth-order valence-corrected chi connectivity index (χ4v) is 3.32. The van der Waals surface area contributed by atoms with Crippen LogP contribution in [0.2, 0.25) is 0 Å². The fourth-order valence-electron chi connectivity index (χ4n) is 2.64. The van der Waals surface area contributed by atoms with Gasteiger partial charge in [0, 0.05) is 6.42 Å². The maximum absolute atomic E-state index is 13.3. The zero-order chi connectivity index (χ0) is 23.3. The highest BCUT2D eigenvalue weighted by atomic mass is 31.1. The highest BCUT2D eigenvalue weighted by Crippen LogP contribution is 2.35. The summed E-state index contributed by atoms with van der Waals surface area (Å²) in [6.45, 7) is 8.17. The number of carbonyl (C=O) groups excluding carboxylic acids is 3. The minimum absolute atomic E-state index is 0.0642. The van der Waals surface area contributed by atoms with Gasteiger partial charge in [0.25, 0.3) is 0 Å². The van der Waals surface area contributed by atoms with Gasteiger partial charge in [-0.15, -0.1) is 0 Å². The van der Waals surface area contributed by atoms with Crippen molar-refractivity contribution in [2.75, 3.05) is 0 Å². The highest BCUT2D eigenvalue weighted by Gasteiger charge is 2.63. The largest absolute Gasteiger partial charge is 0.544 e. The van der Waals surface area contributed by atoms with Crippen molar-refractivity contribution in [2.45, 2.75) is 64.0 Å². The summed E-state index contributed by atoms with van der Waals surface area (Å²) in [5.74, 6) is -2.59. The molecule has 1 rings (SSSR count). The van der Waals surface area contributed by atoms with Crippen LogP contribution in [-0.4, -0.2) is 45.5 Å². The molecule has 1 aromatic carbocycles. The maximum Gasteiger partial charge on any atom is 0.544 e. The van der Waals surface area contributed by atoms with Crippen LogP contribution in [0.3, 0.4) is 0 Å². The van der Waals surface area contributed by atoms with E-state index in [-0.39, 0.29) is 6.42 Å². The van der Waals surface area contributed by atoms with Gasteiger partial charge < -0.3 is 15.8 Å². The standard InChI is InChI=1S/C20H30N3O6P/c1-12(2)15(21)17(25)20(22,30(27)28)16(24)14(11-13-9-7-6-8-10-13)23-18(26)29-19(3,4)5/h6-10,12,14-15H,11,21-22H2,1-5H3,(H-,23,26,27,28)/p+1/t14-,15+,20?/m1/s1. The molecule has 2 unspecified atom stereocenters. The number of carbonyl (C=O) groups is 3. The van der Waals surface area contributed by atoms with Crippen molar-refractivity contribution in [3.8, 4) is 0 Å². The predicted octanol–water partition coefficient (Wildman–Crippen LogP) is 1.63. The van der Waals surface area contributed by atoms with E-state index in [0.717, 1.165) is 0 Å². The van der Waals surface area contributed by atoms with Crippen molar-refractivity contribution in [1.82, 2.24) is 5.32 Å². The number of nitrogens with two attached hydrogens (primary N) is 2. The number of alkyl carbamates (subject to hydrolysis) is 1. The quantitative estimate of drug-likeness (QED) is 0.333. The first-order chi connectivity index (χ1) is 13.7. The Morgan fingerprint density at radius 2 is 1.67 bits per heavy atom. The molecule has 0 heterocycles. The van der Waals surface area contributed by atoms with E-state index in [9.17, 15) is 23.8 Å². The number of Topliss-reactive ketones (excluding diaryl/α,β-unsaturated/α-hetero) is 2. The minimum atomic E-state index is -3.48. The molecular formula is C20H31N3O6P+. The summed E-state index contributed by atoms with van der Waals surface area (Å²) in [6, 6.07) is 6.01. The molecule has 6 N–H and O–H groups in total. The van der Waals surface area contributed by atoms with Gasteiger partial charge in [0.1, 0.15) is 11.6 Å². The molecule has 30 heavy (non-hydrogen) atoms. The number of ketones is 2. The number of benzene rings is 1. The number of hydrogen-bond donors (Lipinski definition) is 4. The molecule has 9 nitrogen and oxygen atoms in total. The second kappa shape index (κ2) is 10.2. The van der Waals surface area contributed by atoms with Crippen molar-refractivity contribution in [3.05, 3.63) is 35.9 Å². The molecule has 0 aliphatic carbocycles. The third-order valence-corrected chi connectivity index (χ3v) is 5.41. The molecule has 0 radical (unpaired) electrons. The molecule has 1 amide bonds. The van der Waals surface area contributed by atoms with Gasteiger partial charge in [-0.05, 0) is 36.8 Å². The lowest BCUT2D eigenvalue weighted by molar-refractivity contribution is -0.133. The minimum Gasteiger partial charge on any atom is -0.444 e. The van der Waals surface area contributed by atoms with Crippen LogP contribution in [0.5, 0.6) is 0 Å². The molecule has 0 saturated carbocycles. The topological polar surface area (TPSA) is 162 Å². The van der Waals surface area contributed by atoms with Gasteiger partial charge in [-0.25, -0.2) is 4.79 Å². The second-order valence-electron chi connectivity index (χ2n) is 8.43. The van der Waals surface area contributed by atoms with Crippen LogP contribution in [-0.2, 0) is 25.3 Å². The van der Waals surface area contributed by atoms with Gasteiger partial charge >= 0.3 is 19.4 Å². The number of nitrogens with one attached hydrogen (secondary N) is 1. The first-order valence-electron chi connectivity index (χ1n) is 9.53. The maximum atomic E-state index is 13.3. The van der Waals surface area contributed by atoms with Gasteiger partial charge in [0.2, 0.25) is 11.6 Å². The van der Waals surface area contributed by atoms with Crippen LogP contribution in [0.4, 0.5) is 4.79 Å². The molecule has 0 aromatic heterocycles. The first-order valence-corrected chi connectivity index (χ1v) is 10.7. The Morgan fingerprint density at radius 3 is 2.10 bits per heavy atom. The Labute approximate surface area is 177 Å². The van der Waals surface area contributed by atoms with Crippen LogP contribution in [0.25, 0.3) is 0 Å². The molecule has 1 aromatic rings. The van der Waals surface area contributed by atoms with Crippen LogP contribution in [0, 0.1) is 5.92 Å². The third kappa shape index (κ3) is 6.67. The summed E-state index contributed by atoms with van der Waals surface area (Å²) < 4.78 is 17.3. The summed E-state index contributed by atoms with van der Waals surface area (Å²) in [7, 11) is -3.48. The molecular weight excluding hydrogens is 409 g/mol. The normalized spacial score (nSPS) is 16.2. The summed E-state index contributed by atoms with van der Waals surface area (Å²) >= 11 is 0. The molecule has 166 valence electrons. The van der Waals surface area contributed by atoms with Crippen LogP contribution >= 0.6 is 8.03 Å². The molecule has 0 bridgehead atoms. The predicted molar refractivity (Wildman–Crippen MR) is 113 cm³/mol. The summed E-state index contributed by atoms with van der Waals surface area (Å²) in [4.78, 5) is 48.2. The number of rotatable bonds is 9. The van der Waals surface area contributed by atoms with E-state index in [1.807, 2.05) is 0 Å². The van der Waals surface area contributed by atoms with E-state index in [1.54, 1.807) is 65.0 Å². The summed E-state index contributed by atoms with van der Waals surface area (Å²) in [5, 5.41) is -0.388. The number of amides is 1. The van der Waals surface area contributed by atoms with E-state index >= 15 is 0 Å².